The lowest BCUT2D eigenvalue weighted by atomic mass is 10.0. The number of benzene rings is 1. The quantitative estimate of drug-likeness (QED) is 0.728. The number of guanidine groups is 1. The van der Waals surface area contributed by atoms with Gasteiger partial charge in [0.05, 0.1) is 25.9 Å². The number of amides is 3. The highest BCUT2D eigenvalue weighted by atomic mass is 16.3. The van der Waals surface area contributed by atoms with Crippen LogP contribution in [0.1, 0.15) is 22.5 Å². The van der Waals surface area contributed by atoms with E-state index in [4.69, 9.17) is 9.41 Å². The van der Waals surface area contributed by atoms with Crippen molar-refractivity contribution in [2.24, 2.45) is 4.99 Å². The molecule has 3 amide bonds. The second kappa shape index (κ2) is 6.83. The minimum atomic E-state index is -0.561. The maximum atomic E-state index is 13.4. The Labute approximate surface area is 174 Å². The Morgan fingerprint density at radius 1 is 1.23 bits per heavy atom. The van der Waals surface area contributed by atoms with Gasteiger partial charge in [0.2, 0.25) is 11.9 Å². The van der Waals surface area contributed by atoms with E-state index in [2.05, 4.69) is 4.58 Å². The number of aryl methyl sites for hydroxylation is 2. The summed E-state index contributed by atoms with van der Waals surface area (Å²) in [5.41, 5.74) is 3.15. The standard InChI is InChI=1S/C22H24N5O3/c1-14-6-7-15(2)16(11-14)12-27-20(28)18-19(24(3)22(27)29)23-21-25(8-9-26(18)21)13-17-5-4-10-30-17/h4-7,10-11,18H,8-9,12-13H2,1-3H3/q+1. The van der Waals surface area contributed by atoms with Crippen LogP contribution in [-0.4, -0.2) is 69.2 Å². The molecule has 0 saturated carbocycles. The van der Waals surface area contributed by atoms with Gasteiger partial charge in [-0.15, -0.1) is 0 Å². The van der Waals surface area contributed by atoms with Gasteiger partial charge < -0.3 is 4.42 Å². The van der Waals surface area contributed by atoms with Gasteiger partial charge in [-0.1, -0.05) is 28.8 Å². The van der Waals surface area contributed by atoms with Crippen LogP contribution in [0.5, 0.6) is 0 Å². The zero-order valence-electron chi connectivity index (χ0n) is 17.3. The number of likely N-dealkylation sites (N-methyl/N-ethyl adjacent to an activating group) is 1. The van der Waals surface area contributed by atoms with E-state index in [1.54, 1.807) is 13.3 Å². The Bertz CT molecular complexity index is 1100. The van der Waals surface area contributed by atoms with Crippen LogP contribution in [0.2, 0.25) is 0 Å². The summed E-state index contributed by atoms with van der Waals surface area (Å²) < 4.78 is 7.55. The number of hydrogen-bond acceptors (Lipinski definition) is 5. The number of carbonyl (C=O) groups is 2. The largest absolute Gasteiger partial charge is 0.466 e. The average molecular weight is 406 g/mol. The first-order valence-corrected chi connectivity index (χ1v) is 10.1. The molecule has 1 aromatic heterocycles. The molecule has 0 spiro atoms. The Kier molecular flexibility index (Phi) is 4.23. The van der Waals surface area contributed by atoms with Crippen molar-refractivity contribution in [3.8, 4) is 0 Å². The van der Waals surface area contributed by atoms with E-state index in [0.29, 0.717) is 18.9 Å². The molecule has 30 heavy (non-hydrogen) atoms. The summed E-state index contributed by atoms with van der Waals surface area (Å²) in [5.74, 6) is 1.86. The smallest absolute Gasteiger partial charge is 0.393 e. The Balaban J connectivity index is 1.46. The number of furan rings is 1. The molecule has 1 atom stereocenters. The number of urea groups is 1. The summed E-state index contributed by atoms with van der Waals surface area (Å²) in [5, 5.41) is 0. The van der Waals surface area contributed by atoms with Crippen molar-refractivity contribution in [1.82, 2.24) is 14.7 Å². The van der Waals surface area contributed by atoms with Crippen LogP contribution in [0.3, 0.4) is 0 Å². The van der Waals surface area contributed by atoms with Crippen LogP contribution >= 0.6 is 0 Å². The maximum Gasteiger partial charge on any atom is 0.393 e. The van der Waals surface area contributed by atoms with Crippen LogP contribution in [-0.2, 0) is 17.9 Å². The minimum Gasteiger partial charge on any atom is -0.466 e. The fourth-order valence-electron chi connectivity index (χ4n) is 4.34. The highest BCUT2D eigenvalue weighted by molar-refractivity contribution is 6.25. The van der Waals surface area contributed by atoms with Gasteiger partial charge in [-0.25, -0.2) is 9.69 Å². The lowest BCUT2D eigenvalue weighted by Gasteiger charge is -2.34. The van der Waals surface area contributed by atoms with Crippen LogP contribution in [0.25, 0.3) is 0 Å². The predicted molar refractivity (Wildman–Crippen MR) is 110 cm³/mol. The molecular weight excluding hydrogens is 382 g/mol. The Morgan fingerprint density at radius 2 is 2.07 bits per heavy atom. The molecule has 4 heterocycles. The lowest BCUT2D eigenvalue weighted by molar-refractivity contribution is -0.537. The van der Waals surface area contributed by atoms with Crippen molar-refractivity contribution >= 4 is 23.7 Å². The van der Waals surface area contributed by atoms with E-state index in [1.165, 1.54) is 9.80 Å². The topological polar surface area (TPSA) is 72.4 Å². The van der Waals surface area contributed by atoms with Crippen LogP contribution in [0, 0.1) is 13.8 Å². The molecule has 3 aliphatic rings. The zero-order chi connectivity index (χ0) is 21.0. The molecule has 0 radical (unpaired) electrons. The van der Waals surface area contributed by atoms with Crippen molar-refractivity contribution in [1.29, 1.82) is 0 Å². The van der Waals surface area contributed by atoms with Crippen LogP contribution in [0.15, 0.2) is 46.0 Å². The second-order valence-corrected chi connectivity index (χ2v) is 8.06. The number of imide groups is 1. The van der Waals surface area contributed by atoms with Gasteiger partial charge in [0.15, 0.2) is 0 Å². The minimum absolute atomic E-state index is 0.215. The van der Waals surface area contributed by atoms with Crippen LogP contribution < -0.4 is 0 Å². The number of aliphatic imine (C=N–C) groups is 1. The summed E-state index contributed by atoms with van der Waals surface area (Å²) in [6.07, 6.45) is 1.65. The van der Waals surface area contributed by atoms with Crippen molar-refractivity contribution in [2.75, 3.05) is 20.1 Å². The molecule has 2 aromatic rings. The molecule has 1 aromatic carbocycles. The molecule has 0 N–H and O–H groups in total. The molecular formula is C22H24N5O3+. The fourth-order valence-corrected chi connectivity index (χ4v) is 4.34. The maximum absolute atomic E-state index is 13.4. The number of hydrogen-bond donors (Lipinski definition) is 0. The summed E-state index contributed by atoms with van der Waals surface area (Å²) >= 11 is 0. The molecule has 1 fully saturated rings. The summed E-state index contributed by atoms with van der Waals surface area (Å²) in [4.78, 5) is 36.0. The van der Waals surface area contributed by atoms with Crippen molar-refractivity contribution in [2.45, 2.75) is 33.0 Å². The molecule has 0 aliphatic carbocycles. The second-order valence-electron chi connectivity index (χ2n) is 8.06. The molecule has 8 nitrogen and oxygen atoms in total. The number of amidine groups is 1. The normalized spacial score (nSPS) is 20.8. The molecule has 3 aliphatic heterocycles. The molecule has 154 valence electrons. The molecule has 0 bridgehead atoms. The summed E-state index contributed by atoms with van der Waals surface area (Å²) in [6, 6.07) is 8.97. The zero-order valence-corrected chi connectivity index (χ0v) is 17.3. The third-order valence-electron chi connectivity index (χ3n) is 6.04. The van der Waals surface area contributed by atoms with Gasteiger partial charge in [0.1, 0.15) is 12.3 Å². The summed E-state index contributed by atoms with van der Waals surface area (Å²) in [7, 11) is 1.69. The summed E-state index contributed by atoms with van der Waals surface area (Å²) in [6.45, 7) is 6.29. The number of rotatable bonds is 4. The van der Waals surface area contributed by atoms with Gasteiger partial charge >= 0.3 is 12.0 Å². The molecule has 1 saturated heterocycles. The highest BCUT2D eigenvalue weighted by Crippen LogP contribution is 2.27. The van der Waals surface area contributed by atoms with Gasteiger partial charge in [-0.05, 0) is 37.1 Å². The van der Waals surface area contributed by atoms with E-state index in [0.717, 1.165) is 35.0 Å². The van der Waals surface area contributed by atoms with Crippen molar-refractivity contribution in [3.05, 3.63) is 59.0 Å². The third-order valence-corrected chi connectivity index (χ3v) is 6.04. The van der Waals surface area contributed by atoms with E-state index < -0.39 is 6.04 Å². The third kappa shape index (κ3) is 2.82. The van der Waals surface area contributed by atoms with Gasteiger partial charge in [-0.3, -0.25) is 19.2 Å². The van der Waals surface area contributed by atoms with Crippen LogP contribution in [0.4, 0.5) is 4.79 Å². The van der Waals surface area contributed by atoms with Gasteiger partial charge in [0, 0.05) is 7.05 Å². The first kappa shape index (κ1) is 18.6. The highest BCUT2D eigenvalue weighted by Gasteiger charge is 2.57. The fraction of sp³-hybridized carbons (Fsp3) is 0.364. The molecule has 8 heteroatoms. The van der Waals surface area contributed by atoms with Gasteiger partial charge in [-0.2, -0.15) is 0 Å². The van der Waals surface area contributed by atoms with Gasteiger partial charge in [0.25, 0.3) is 5.91 Å². The molecule has 1 unspecified atom stereocenters. The number of fused-ring (bicyclic) bond motifs is 3. The predicted octanol–water partition coefficient (Wildman–Crippen LogP) is 1.96. The first-order valence-electron chi connectivity index (χ1n) is 10.1. The number of nitrogens with zero attached hydrogens (tertiary/aromatic N) is 5. The SMILES string of the molecule is Cc1ccc(C)c(CN2C(=O)C3C(=NC4=[N+](Cc5ccco5)CCN43)N(C)C2=O)c1. The van der Waals surface area contributed by atoms with E-state index in [-0.39, 0.29) is 18.5 Å². The monoisotopic (exact) mass is 406 g/mol. The lowest BCUT2D eigenvalue weighted by Crippen LogP contribution is -2.63. The first-order chi connectivity index (χ1) is 14.4. The average Bonchev–Trinajstić information content (AvgIpc) is 3.44. The molecule has 5 rings (SSSR count). The Hall–Kier alpha value is -3.42. The Morgan fingerprint density at radius 3 is 2.83 bits per heavy atom. The van der Waals surface area contributed by atoms with E-state index in [9.17, 15) is 9.59 Å². The number of carbonyl (C=O) groups excluding carboxylic acids is 2. The van der Waals surface area contributed by atoms with Crippen molar-refractivity contribution in [3.63, 3.8) is 0 Å². The van der Waals surface area contributed by atoms with Crippen molar-refractivity contribution < 1.29 is 18.6 Å². The van der Waals surface area contributed by atoms with E-state index >= 15 is 0 Å². The van der Waals surface area contributed by atoms with E-state index in [1.807, 2.05) is 49.1 Å².